The van der Waals surface area contributed by atoms with Gasteiger partial charge in [-0.3, -0.25) is 0 Å². The number of phenols is 2. The summed E-state index contributed by atoms with van der Waals surface area (Å²) in [4.78, 5) is 0. The molecular weight excluding hydrogens is 380 g/mol. The van der Waals surface area contributed by atoms with Crippen LogP contribution in [0.2, 0.25) is 0 Å². The third-order valence-corrected chi connectivity index (χ3v) is 4.79. The fraction of sp³-hybridized carbons (Fsp3) is 0.0476. The summed E-state index contributed by atoms with van der Waals surface area (Å²) < 4.78 is 6.23. The average Bonchev–Trinajstić information content (AvgIpc) is 3.01. The molecule has 25 heavy (non-hydrogen) atoms. The lowest BCUT2D eigenvalue weighted by Gasteiger charge is -2.04. The van der Waals surface area contributed by atoms with Crippen molar-refractivity contribution in [2.24, 2.45) is 0 Å². The number of hydrogen-bond acceptors (Lipinski definition) is 3. The second-order valence-corrected chi connectivity index (χ2v) is 6.40. The highest BCUT2D eigenvalue weighted by molar-refractivity contribution is 9.08. The van der Waals surface area contributed by atoms with Gasteiger partial charge >= 0.3 is 0 Å². The number of benzene rings is 3. The lowest BCUT2D eigenvalue weighted by molar-refractivity contribution is 0.474. The van der Waals surface area contributed by atoms with Crippen LogP contribution in [0, 0.1) is 0 Å². The Hall–Kier alpha value is -2.72. The molecule has 3 aromatic carbocycles. The molecule has 3 nitrogen and oxygen atoms in total. The van der Waals surface area contributed by atoms with E-state index in [1.54, 1.807) is 24.3 Å². The van der Waals surface area contributed by atoms with Crippen molar-refractivity contribution in [3.63, 3.8) is 0 Å². The number of hydrogen-bond donors (Lipinski definition) is 2. The normalized spacial score (nSPS) is 11.1. The van der Waals surface area contributed by atoms with Crippen LogP contribution in [0.1, 0.15) is 5.56 Å². The van der Waals surface area contributed by atoms with Crippen molar-refractivity contribution < 1.29 is 14.6 Å². The molecule has 0 aliphatic carbocycles. The molecule has 0 fully saturated rings. The van der Waals surface area contributed by atoms with Gasteiger partial charge in [-0.05, 0) is 42.0 Å². The summed E-state index contributed by atoms with van der Waals surface area (Å²) in [6.45, 7) is 0. The van der Waals surface area contributed by atoms with Crippen molar-refractivity contribution in [3.8, 4) is 33.9 Å². The van der Waals surface area contributed by atoms with Crippen LogP contribution in [-0.4, -0.2) is 10.2 Å². The van der Waals surface area contributed by atoms with E-state index in [2.05, 4.69) is 15.9 Å². The molecule has 4 rings (SSSR count). The summed E-state index contributed by atoms with van der Waals surface area (Å²) in [5.41, 5.74) is 4.44. The lowest BCUT2D eigenvalue weighted by atomic mass is 9.98. The van der Waals surface area contributed by atoms with E-state index >= 15 is 0 Å². The lowest BCUT2D eigenvalue weighted by Crippen LogP contribution is -1.82. The van der Waals surface area contributed by atoms with E-state index in [9.17, 15) is 10.2 Å². The van der Waals surface area contributed by atoms with Crippen LogP contribution in [0.3, 0.4) is 0 Å². The van der Waals surface area contributed by atoms with Gasteiger partial charge in [0.25, 0.3) is 0 Å². The molecule has 0 amide bonds. The van der Waals surface area contributed by atoms with E-state index in [1.165, 1.54) is 0 Å². The van der Waals surface area contributed by atoms with Crippen molar-refractivity contribution in [2.45, 2.75) is 5.33 Å². The first-order valence-electron chi connectivity index (χ1n) is 7.86. The van der Waals surface area contributed by atoms with Crippen LogP contribution in [0.25, 0.3) is 33.4 Å². The van der Waals surface area contributed by atoms with E-state index in [-0.39, 0.29) is 11.5 Å². The maximum absolute atomic E-state index is 10.1. The molecule has 0 spiro atoms. The summed E-state index contributed by atoms with van der Waals surface area (Å²) in [6.07, 6.45) is 0. The van der Waals surface area contributed by atoms with Crippen LogP contribution < -0.4 is 0 Å². The summed E-state index contributed by atoms with van der Waals surface area (Å²) in [5, 5.41) is 21.2. The molecule has 1 aromatic heterocycles. The smallest absolute Gasteiger partial charge is 0.143 e. The molecule has 4 heteroatoms. The molecule has 0 radical (unpaired) electrons. The van der Waals surface area contributed by atoms with E-state index in [4.69, 9.17) is 4.42 Å². The summed E-state index contributed by atoms with van der Waals surface area (Å²) in [6, 6.07) is 20.3. The zero-order valence-electron chi connectivity index (χ0n) is 13.2. The SMILES string of the molecule is Oc1ccc(-c2oc3c(CBr)cc(O)cc3c2-c2ccccc2)cc1. The average molecular weight is 395 g/mol. The molecule has 2 N–H and O–H groups in total. The Kier molecular flexibility index (Phi) is 3.98. The van der Waals surface area contributed by atoms with Gasteiger partial charge in [-0.25, -0.2) is 0 Å². The van der Waals surface area contributed by atoms with Gasteiger partial charge in [-0.2, -0.15) is 0 Å². The van der Waals surface area contributed by atoms with Gasteiger partial charge in [-0.1, -0.05) is 46.3 Å². The van der Waals surface area contributed by atoms with E-state index in [1.807, 2.05) is 42.5 Å². The third-order valence-electron chi connectivity index (χ3n) is 4.19. The molecule has 0 saturated heterocycles. The molecular formula is C21H15BrO3. The van der Waals surface area contributed by atoms with Gasteiger partial charge in [0, 0.05) is 27.4 Å². The van der Waals surface area contributed by atoms with Crippen LogP contribution in [0.4, 0.5) is 0 Å². The molecule has 0 saturated carbocycles. The predicted octanol–water partition coefficient (Wildman–Crippen LogP) is 6.07. The molecule has 4 aromatic rings. The fourth-order valence-electron chi connectivity index (χ4n) is 3.06. The van der Waals surface area contributed by atoms with E-state index in [0.717, 1.165) is 33.2 Å². The van der Waals surface area contributed by atoms with Gasteiger partial charge in [0.15, 0.2) is 0 Å². The summed E-state index contributed by atoms with van der Waals surface area (Å²) in [5.74, 6) is 1.13. The molecule has 1 heterocycles. The Labute approximate surface area is 153 Å². The Bertz CT molecular complexity index is 1030. The minimum absolute atomic E-state index is 0.206. The predicted molar refractivity (Wildman–Crippen MR) is 103 cm³/mol. The Morgan fingerprint density at radius 2 is 1.52 bits per heavy atom. The monoisotopic (exact) mass is 394 g/mol. The molecule has 0 aliphatic rings. The molecule has 0 aliphatic heterocycles. The summed E-state index contributed by atoms with van der Waals surface area (Å²) in [7, 11) is 0. The zero-order valence-corrected chi connectivity index (χ0v) is 14.8. The Morgan fingerprint density at radius 1 is 0.800 bits per heavy atom. The standard InChI is InChI=1S/C21H15BrO3/c22-12-15-10-17(24)11-18-19(13-4-2-1-3-5-13)21(25-20(15)18)14-6-8-16(23)9-7-14/h1-11,23-24H,12H2. The second-order valence-electron chi connectivity index (χ2n) is 5.83. The summed E-state index contributed by atoms with van der Waals surface area (Å²) >= 11 is 3.46. The minimum Gasteiger partial charge on any atom is -0.508 e. The third kappa shape index (κ3) is 2.79. The number of phenolic OH excluding ortho intramolecular Hbond substituents is 2. The minimum atomic E-state index is 0.206. The first kappa shape index (κ1) is 15.8. The maximum atomic E-state index is 10.1. The van der Waals surface area contributed by atoms with E-state index in [0.29, 0.717) is 11.1 Å². The Balaban J connectivity index is 2.09. The van der Waals surface area contributed by atoms with Gasteiger partial charge < -0.3 is 14.6 Å². The maximum Gasteiger partial charge on any atom is 0.143 e. The molecule has 0 atom stereocenters. The topological polar surface area (TPSA) is 53.6 Å². The molecule has 124 valence electrons. The van der Waals surface area contributed by atoms with Gasteiger partial charge in [0.05, 0.1) is 0 Å². The van der Waals surface area contributed by atoms with Crippen molar-refractivity contribution in [3.05, 3.63) is 72.3 Å². The highest BCUT2D eigenvalue weighted by atomic mass is 79.9. The second kappa shape index (κ2) is 6.30. The molecule has 0 unspecified atom stereocenters. The van der Waals surface area contributed by atoms with Crippen LogP contribution >= 0.6 is 15.9 Å². The van der Waals surface area contributed by atoms with Crippen molar-refractivity contribution in [2.75, 3.05) is 0 Å². The van der Waals surface area contributed by atoms with Gasteiger partial charge in [0.2, 0.25) is 0 Å². The quantitative estimate of drug-likeness (QED) is 0.414. The van der Waals surface area contributed by atoms with Crippen LogP contribution in [0.5, 0.6) is 11.5 Å². The number of halogens is 1. The van der Waals surface area contributed by atoms with Crippen LogP contribution in [0.15, 0.2) is 71.1 Å². The first-order chi connectivity index (χ1) is 12.2. The van der Waals surface area contributed by atoms with Crippen molar-refractivity contribution >= 4 is 26.9 Å². The Morgan fingerprint density at radius 3 is 2.20 bits per heavy atom. The number of alkyl halides is 1. The highest BCUT2D eigenvalue weighted by Gasteiger charge is 2.20. The number of aromatic hydroxyl groups is 2. The van der Waals surface area contributed by atoms with Crippen LogP contribution in [-0.2, 0) is 5.33 Å². The number of rotatable bonds is 3. The van der Waals surface area contributed by atoms with Gasteiger partial charge in [-0.15, -0.1) is 0 Å². The van der Waals surface area contributed by atoms with E-state index < -0.39 is 0 Å². The number of furan rings is 1. The number of fused-ring (bicyclic) bond motifs is 1. The van der Waals surface area contributed by atoms with Crippen molar-refractivity contribution in [1.29, 1.82) is 0 Å². The zero-order chi connectivity index (χ0) is 17.4. The van der Waals surface area contributed by atoms with Crippen molar-refractivity contribution in [1.82, 2.24) is 0 Å². The molecule has 0 bridgehead atoms. The largest absolute Gasteiger partial charge is 0.508 e. The van der Waals surface area contributed by atoms with Gasteiger partial charge in [0.1, 0.15) is 22.8 Å². The fourth-order valence-corrected chi connectivity index (χ4v) is 3.48. The first-order valence-corrected chi connectivity index (χ1v) is 8.98. The highest BCUT2D eigenvalue weighted by Crippen LogP contribution is 2.43.